The van der Waals surface area contributed by atoms with Crippen LogP contribution in [0.3, 0.4) is 0 Å². The van der Waals surface area contributed by atoms with E-state index in [0.29, 0.717) is 23.1 Å². The Balaban J connectivity index is 1.81. The van der Waals surface area contributed by atoms with Crippen molar-refractivity contribution in [2.75, 3.05) is 13.2 Å². The number of hydrogen-bond donors (Lipinski definition) is 3. The Morgan fingerprint density at radius 3 is 2.86 bits per heavy atom. The van der Waals surface area contributed by atoms with Gasteiger partial charge in [0.2, 0.25) is 5.91 Å². The highest BCUT2D eigenvalue weighted by Gasteiger charge is 2.26. The molecule has 3 rings (SSSR count). The van der Waals surface area contributed by atoms with Gasteiger partial charge < -0.3 is 20.3 Å². The van der Waals surface area contributed by atoms with E-state index < -0.39 is 11.9 Å². The number of aliphatic hydroxyl groups is 1. The van der Waals surface area contributed by atoms with Gasteiger partial charge in [-0.2, -0.15) is 0 Å². The standard InChI is InChI=1S/C22H27ClN2O4/c1-3-28-20-10-21(17(23)9-14(20)11-25-18(12-26)22(24)27)29-19-8-7-15-13(2)5-4-6-16(15)19/h4-6,9-10,18-19,25-26H,3,7-8,11-12H2,1-2H3,(H2,24,27)/t18-,19-/m0/s1. The lowest BCUT2D eigenvalue weighted by atomic mass is 10.0. The zero-order valence-corrected chi connectivity index (χ0v) is 17.5. The maximum absolute atomic E-state index is 11.3. The number of carbonyl (C=O) groups excluding carboxylic acids is 1. The second-order valence-corrected chi connectivity index (χ2v) is 7.54. The first-order valence-corrected chi connectivity index (χ1v) is 10.2. The summed E-state index contributed by atoms with van der Waals surface area (Å²) in [5.41, 5.74) is 9.86. The highest BCUT2D eigenvalue weighted by Crippen LogP contribution is 2.40. The third kappa shape index (κ3) is 4.83. The van der Waals surface area contributed by atoms with Gasteiger partial charge in [-0.25, -0.2) is 0 Å². The minimum absolute atomic E-state index is 0.0468. The predicted octanol–water partition coefficient (Wildman–Crippen LogP) is 3.05. The molecule has 156 valence electrons. The summed E-state index contributed by atoms with van der Waals surface area (Å²) in [6, 6.07) is 8.99. The minimum Gasteiger partial charge on any atom is -0.493 e. The van der Waals surface area contributed by atoms with E-state index in [1.54, 1.807) is 12.1 Å². The monoisotopic (exact) mass is 418 g/mol. The van der Waals surface area contributed by atoms with E-state index in [4.69, 9.17) is 26.8 Å². The summed E-state index contributed by atoms with van der Waals surface area (Å²) < 4.78 is 12.0. The number of ether oxygens (including phenoxy) is 2. The summed E-state index contributed by atoms with van der Waals surface area (Å²) in [6.45, 7) is 4.37. The van der Waals surface area contributed by atoms with Gasteiger partial charge in [0.05, 0.1) is 18.2 Å². The first kappa shape index (κ1) is 21.4. The molecule has 6 nitrogen and oxygen atoms in total. The normalized spacial score (nSPS) is 16.3. The quantitative estimate of drug-likeness (QED) is 0.582. The average Bonchev–Trinajstić information content (AvgIpc) is 3.09. The predicted molar refractivity (Wildman–Crippen MR) is 112 cm³/mol. The summed E-state index contributed by atoms with van der Waals surface area (Å²) in [5, 5.41) is 12.6. The molecular weight excluding hydrogens is 392 g/mol. The number of rotatable bonds is 9. The van der Waals surface area contributed by atoms with Gasteiger partial charge in [-0.3, -0.25) is 10.1 Å². The van der Waals surface area contributed by atoms with Crippen LogP contribution < -0.4 is 20.5 Å². The molecule has 2 aromatic carbocycles. The van der Waals surface area contributed by atoms with E-state index in [1.165, 1.54) is 16.7 Å². The lowest BCUT2D eigenvalue weighted by molar-refractivity contribution is -0.120. The molecule has 0 unspecified atom stereocenters. The van der Waals surface area contributed by atoms with Crippen molar-refractivity contribution in [1.29, 1.82) is 0 Å². The number of carbonyl (C=O) groups is 1. The van der Waals surface area contributed by atoms with Gasteiger partial charge in [0, 0.05) is 18.2 Å². The van der Waals surface area contributed by atoms with E-state index >= 15 is 0 Å². The van der Waals surface area contributed by atoms with Crippen molar-refractivity contribution in [1.82, 2.24) is 5.32 Å². The smallest absolute Gasteiger partial charge is 0.236 e. The highest BCUT2D eigenvalue weighted by molar-refractivity contribution is 6.32. The lowest BCUT2D eigenvalue weighted by Crippen LogP contribution is -2.43. The van der Waals surface area contributed by atoms with Crippen LogP contribution in [-0.4, -0.2) is 30.3 Å². The summed E-state index contributed by atoms with van der Waals surface area (Å²) in [6.07, 6.45) is 1.84. The van der Waals surface area contributed by atoms with Gasteiger partial charge in [0.25, 0.3) is 0 Å². The fourth-order valence-electron chi connectivity index (χ4n) is 3.66. The number of aryl methyl sites for hydroxylation is 1. The maximum Gasteiger partial charge on any atom is 0.236 e. The molecule has 0 aliphatic heterocycles. The van der Waals surface area contributed by atoms with Crippen molar-refractivity contribution >= 4 is 17.5 Å². The summed E-state index contributed by atoms with van der Waals surface area (Å²) in [5.74, 6) is 0.557. The van der Waals surface area contributed by atoms with Crippen LogP contribution in [0.15, 0.2) is 30.3 Å². The number of aliphatic hydroxyl groups excluding tert-OH is 1. The second-order valence-electron chi connectivity index (χ2n) is 7.13. The van der Waals surface area contributed by atoms with Crippen LogP contribution in [0.4, 0.5) is 0 Å². The number of hydrogen-bond acceptors (Lipinski definition) is 5. The van der Waals surface area contributed by atoms with Crippen molar-refractivity contribution in [3.05, 3.63) is 57.6 Å². The van der Waals surface area contributed by atoms with E-state index in [0.717, 1.165) is 18.4 Å². The number of fused-ring (bicyclic) bond motifs is 1. The van der Waals surface area contributed by atoms with E-state index in [1.807, 2.05) is 13.0 Å². The zero-order chi connectivity index (χ0) is 21.0. The molecule has 1 aliphatic carbocycles. The molecular formula is C22H27ClN2O4. The van der Waals surface area contributed by atoms with Crippen LogP contribution in [-0.2, 0) is 17.8 Å². The molecule has 4 N–H and O–H groups in total. The molecule has 0 spiro atoms. The largest absolute Gasteiger partial charge is 0.493 e. The zero-order valence-electron chi connectivity index (χ0n) is 16.7. The molecule has 0 saturated carbocycles. The van der Waals surface area contributed by atoms with Gasteiger partial charge >= 0.3 is 0 Å². The van der Waals surface area contributed by atoms with Gasteiger partial charge in [-0.1, -0.05) is 29.8 Å². The third-order valence-corrected chi connectivity index (χ3v) is 5.49. The minimum atomic E-state index is -0.836. The van der Waals surface area contributed by atoms with E-state index in [9.17, 15) is 9.90 Å². The molecule has 0 aromatic heterocycles. The van der Waals surface area contributed by atoms with Gasteiger partial charge in [0.1, 0.15) is 23.6 Å². The third-order valence-electron chi connectivity index (χ3n) is 5.20. The molecule has 2 aromatic rings. The van der Waals surface area contributed by atoms with Crippen molar-refractivity contribution in [3.8, 4) is 11.5 Å². The van der Waals surface area contributed by atoms with Crippen LogP contribution in [0.1, 0.15) is 41.7 Å². The van der Waals surface area contributed by atoms with Crippen LogP contribution >= 0.6 is 11.6 Å². The number of nitrogens with two attached hydrogens (primary N) is 1. The first-order valence-electron chi connectivity index (χ1n) is 9.78. The Morgan fingerprint density at radius 2 is 2.17 bits per heavy atom. The number of benzene rings is 2. The van der Waals surface area contributed by atoms with Crippen LogP contribution in [0, 0.1) is 6.92 Å². The Hall–Kier alpha value is -2.28. The maximum atomic E-state index is 11.3. The summed E-state index contributed by atoms with van der Waals surface area (Å²) in [7, 11) is 0. The van der Waals surface area contributed by atoms with E-state index in [-0.39, 0.29) is 19.3 Å². The van der Waals surface area contributed by atoms with Gasteiger partial charge in [-0.05, 0) is 49.4 Å². The molecule has 1 amide bonds. The Kier molecular flexibility index (Phi) is 7.00. The molecule has 1 aliphatic rings. The molecule has 0 bridgehead atoms. The second kappa shape index (κ2) is 9.48. The first-order chi connectivity index (χ1) is 13.9. The molecule has 29 heavy (non-hydrogen) atoms. The van der Waals surface area contributed by atoms with Crippen molar-refractivity contribution in [2.24, 2.45) is 5.73 Å². The fraction of sp³-hybridized carbons (Fsp3) is 0.409. The molecule has 0 fully saturated rings. The average molecular weight is 419 g/mol. The molecule has 7 heteroatoms. The molecule has 0 radical (unpaired) electrons. The SMILES string of the molecule is CCOc1cc(O[C@H]2CCc3c(C)cccc32)c(Cl)cc1CN[C@@H](CO)C(N)=O. The lowest BCUT2D eigenvalue weighted by Gasteiger charge is -2.20. The summed E-state index contributed by atoms with van der Waals surface area (Å²) in [4.78, 5) is 11.3. The topological polar surface area (TPSA) is 93.8 Å². The Labute approximate surface area is 176 Å². The molecule has 0 heterocycles. The van der Waals surface area contributed by atoms with Crippen molar-refractivity contribution in [2.45, 2.75) is 45.4 Å². The van der Waals surface area contributed by atoms with Crippen molar-refractivity contribution < 1.29 is 19.4 Å². The number of halogens is 1. The van der Waals surface area contributed by atoms with Gasteiger partial charge in [0.15, 0.2) is 0 Å². The highest BCUT2D eigenvalue weighted by atomic mass is 35.5. The van der Waals surface area contributed by atoms with Crippen LogP contribution in [0.2, 0.25) is 5.02 Å². The number of primary amides is 1. The number of nitrogens with one attached hydrogen (secondary N) is 1. The number of amides is 1. The van der Waals surface area contributed by atoms with Crippen LogP contribution in [0.25, 0.3) is 0 Å². The fourth-order valence-corrected chi connectivity index (χ4v) is 3.89. The Bertz CT molecular complexity index is 887. The molecule has 2 atom stereocenters. The van der Waals surface area contributed by atoms with Crippen molar-refractivity contribution in [3.63, 3.8) is 0 Å². The van der Waals surface area contributed by atoms with E-state index in [2.05, 4.69) is 24.4 Å². The van der Waals surface area contributed by atoms with Gasteiger partial charge in [-0.15, -0.1) is 0 Å². The Morgan fingerprint density at radius 1 is 1.38 bits per heavy atom. The van der Waals surface area contributed by atoms with Crippen LogP contribution in [0.5, 0.6) is 11.5 Å². The summed E-state index contributed by atoms with van der Waals surface area (Å²) >= 11 is 6.50. The molecule has 0 saturated heterocycles.